The molecule has 7 nitrogen and oxygen atoms in total. The van der Waals surface area contributed by atoms with Crippen LogP contribution in [-0.2, 0) is 14.3 Å². The second-order valence-electron chi connectivity index (χ2n) is 9.10. The maximum atomic E-state index is 12.3. The molecule has 0 spiro atoms. The standard InChI is InChI=1S/C26H30N2O5/c1-17(23(29)28-16-26(24(30)31)12-6-13-26)11-14-27-25(32)33-15-22-20-9-4-2-7-18(20)19-8-3-5-10-21(19)22/h2-5,7-10,17,22H,6,11-16H2,1H3,(H,27,32)(H,28,29)(H,30,31). The number of hydrogen-bond acceptors (Lipinski definition) is 4. The zero-order valence-corrected chi connectivity index (χ0v) is 18.8. The Kier molecular flexibility index (Phi) is 6.67. The molecule has 4 rings (SSSR count). The van der Waals surface area contributed by atoms with E-state index in [0.717, 1.165) is 17.5 Å². The first-order valence-electron chi connectivity index (χ1n) is 11.5. The molecular formula is C26H30N2O5. The molecule has 174 valence electrons. The van der Waals surface area contributed by atoms with E-state index in [0.29, 0.717) is 25.8 Å². The van der Waals surface area contributed by atoms with Crippen molar-refractivity contribution >= 4 is 18.0 Å². The highest BCUT2D eigenvalue weighted by Gasteiger charge is 2.44. The van der Waals surface area contributed by atoms with Gasteiger partial charge in [-0.05, 0) is 41.5 Å². The molecule has 1 fully saturated rings. The molecule has 2 amide bonds. The minimum absolute atomic E-state index is 0.000845. The lowest BCUT2D eigenvalue weighted by Crippen LogP contribution is -2.48. The number of carbonyl (C=O) groups is 3. The highest BCUT2D eigenvalue weighted by molar-refractivity contribution is 5.81. The Morgan fingerprint density at radius 1 is 1.03 bits per heavy atom. The zero-order valence-electron chi connectivity index (χ0n) is 18.8. The smallest absolute Gasteiger partial charge is 0.407 e. The first-order chi connectivity index (χ1) is 15.9. The highest BCUT2D eigenvalue weighted by Crippen LogP contribution is 2.44. The third-order valence-electron chi connectivity index (χ3n) is 7.00. The van der Waals surface area contributed by atoms with E-state index in [-0.39, 0.29) is 30.9 Å². The molecule has 2 aliphatic carbocycles. The third kappa shape index (κ3) is 4.72. The second-order valence-corrected chi connectivity index (χ2v) is 9.10. The van der Waals surface area contributed by atoms with Crippen molar-refractivity contribution in [3.8, 4) is 11.1 Å². The lowest BCUT2D eigenvalue weighted by molar-refractivity contribution is -0.154. The predicted molar refractivity (Wildman–Crippen MR) is 124 cm³/mol. The van der Waals surface area contributed by atoms with Gasteiger partial charge in [-0.1, -0.05) is 61.9 Å². The van der Waals surface area contributed by atoms with Crippen molar-refractivity contribution < 1.29 is 24.2 Å². The van der Waals surface area contributed by atoms with E-state index in [1.165, 1.54) is 11.1 Å². The number of carbonyl (C=O) groups excluding carboxylic acids is 2. The molecule has 2 aromatic rings. The summed E-state index contributed by atoms with van der Waals surface area (Å²) in [5, 5.41) is 14.8. The van der Waals surface area contributed by atoms with Crippen LogP contribution in [0.15, 0.2) is 48.5 Å². The number of carboxylic acid groups (broad SMARTS) is 1. The summed E-state index contributed by atoms with van der Waals surface area (Å²) in [7, 11) is 0. The van der Waals surface area contributed by atoms with Gasteiger partial charge >= 0.3 is 12.1 Å². The number of benzene rings is 2. The molecule has 0 heterocycles. The molecule has 0 radical (unpaired) electrons. The summed E-state index contributed by atoms with van der Waals surface area (Å²) in [6, 6.07) is 16.3. The monoisotopic (exact) mass is 450 g/mol. The van der Waals surface area contributed by atoms with Gasteiger partial charge in [0.25, 0.3) is 0 Å². The van der Waals surface area contributed by atoms with Crippen molar-refractivity contribution in [2.45, 2.75) is 38.5 Å². The number of hydrogen-bond donors (Lipinski definition) is 3. The molecule has 1 unspecified atom stereocenters. The molecule has 3 N–H and O–H groups in total. The van der Waals surface area contributed by atoms with Crippen molar-refractivity contribution in [1.82, 2.24) is 10.6 Å². The summed E-state index contributed by atoms with van der Waals surface area (Å²) < 4.78 is 5.51. The third-order valence-corrected chi connectivity index (χ3v) is 7.00. The van der Waals surface area contributed by atoms with E-state index in [4.69, 9.17) is 4.74 Å². The molecule has 0 saturated heterocycles. The largest absolute Gasteiger partial charge is 0.481 e. The van der Waals surface area contributed by atoms with Gasteiger partial charge in [-0.25, -0.2) is 4.79 Å². The van der Waals surface area contributed by atoms with Gasteiger partial charge in [0.1, 0.15) is 6.61 Å². The van der Waals surface area contributed by atoms with Gasteiger partial charge in [-0.15, -0.1) is 0 Å². The minimum atomic E-state index is -0.848. The molecule has 0 aliphatic heterocycles. The van der Waals surface area contributed by atoms with E-state index in [1.54, 1.807) is 6.92 Å². The molecule has 2 aliphatic rings. The van der Waals surface area contributed by atoms with Crippen LogP contribution in [0.2, 0.25) is 0 Å². The van der Waals surface area contributed by atoms with Crippen LogP contribution in [-0.4, -0.2) is 42.8 Å². The van der Waals surface area contributed by atoms with Gasteiger partial charge in [0.15, 0.2) is 0 Å². The number of rotatable bonds is 9. The Labute approximate surface area is 193 Å². The van der Waals surface area contributed by atoms with Crippen LogP contribution in [0.3, 0.4) is 0 Å². The van der Waals surface area contributed by atoms with Crippen molar-refractivity contribution in [3.05, 3.63) is 59.7 Å². The van der Waals surface area contributed by atoms with Crippen LogP contribution in [0.25, 0.3) is 11.1 Å². The van der Waals surface area contributed by atoms with E-state index in [2.05, 4.69) is 34.9 Å². The fraction of sp³-hybridized carbons (Fsp3) is 0.423. The van der Waals surface area contributed by atoms with Gasteiger partial charge in [-0.2, -0.15) is 0 Å². The van der Waals surface area contributed by atoms with Gasteiger partial charge in [-0.3, -0.25) is 9.59 Å². The Morgan fingerprint density at radius 2 is 1.64 bits per heavy atom. The highest BCUT2D eigenvalue weighted by atomic mass is 16.5. The van der Waals surface area contributed by atoms with Crippen LogP contribution in [0, 0.1) is 11.3 Å². The average molecular weight is 451 g/mol. The summed E-state index contributed by atoms with van der Waals surface area (Å²) in [6.07, 6.45) is 2.00. The van der Waals surface area contributed by atoms with E-state index >= 15 is 0 Å². The fourth-order valence-corrected chi connectivity index (χ4v) is 4.67. The van der Waals surface area contributed by atoms with Gasteiger partial charge in [0.2, 0.25) is 5.91 Å². The summed E-state index contributed by atoms with van der Waals surface area (Å²) in [5.74, 6) is -1.39. The maximum Gasteiger partial charge on any atom is 0.407 e. The lowest BCUT2D eigenvalue weighted by atomic mass is 9.68. The van der Waals surface area contributed by atoms with Crippen molar-refractivity contribution in [3.63, 3.8) is 0 Å². The molecule has 1 saturated carbocycles. The van der Waals surface area contributed by atoms with Crippen LogP contribution >= 0.6 is 0 Å². The summed E-state index contributed by atoms with van der Waals surface area (Å²) in [5.41, 5.74) is 3.85. The number of carboxylic acids is 1. The Balaban J connectivity index is 1.21. The number of alkyl carbamates (subject to hydrolysis) is 1. The van der Waals surface area contributed by atoms with Crippen LogP contribution in [0.1, 0.15) is 49.7 Å². The van der Waals surface area contributed by atoms with Crippen LogP contribution in [0.4, 0.5) is 4.79 Å². The molecule has 7 heteroatoms. The van der Waals surface area contributed by atoms with Crippen LogP contribution in [0.5, 0.6) is 0 Å². The zero-order chi connectivity index (χ0) is 23.4. The molecule has 2 aromatic carbocycles. The van der Waals surface area contributed by atoms with Crippen molar-refractivity contribution in [2.24, 2.45) is 11.3 Å². The molecular weight excluding hydrogens is 420 g/mol. The quantitative estimate of drug-likeness (QED) is 0.537. The minimum Gasteiger partial charge on any atom is -0.481 e. The number of ether oxygens (including phenoxy) is 1. The number of nitrogens with one attached hydrogen (secondary N) is 2. The van der Waals surface area contributed by atoms with Crippen molar-refractivity contribution in [2.75, 3.05) is 19.7 Å². The first-order valence-corrected chi connectivity index (χ1v) is 11.5. The van der Waals surface area contributed by atoms with E-state index in [1.807, 2.05) is 24.3 Å². The topological polar surface area (TPSA) is 105 Å². The van der Waals surface area contributed by atoms with Crippen LogP contribution < -0.4 is 10.6 Å². The second kappa shape index (κ2) is 9.65. The van der Waals surface area contributed by atoms with E-state index < -0.39 is 17.5 Å². The first kappa shape index (κ1) is 22.8. The van der Waals surface area contributed by atoms with Gasteiger partial charge < -0.3 is 20.5 Å². The van der Waals surface area contributed by atoms with Gasteiger partial charge in [0.05, 0.1) is 5.41 Å². The predicted octanol–water partition coefficient (Wildman–Crippen LogP) is 3.92. The summed E-state index contributed by atoms with van der Waals surface area (Å²) in [4.78, 5) is 36.0. The van der Waals surface area contributed by atoms with Crippen molar-refractivity contribution in [1.29, 1.82) is 0 Å². The number of amides is 2. The molecule has 0 aromatic heterocycles. The fourth-order valence-electron chi connectivity index (χ4n) is 4.67. The summed E-state index contributed by atoms with van der Waals surface area (Å²) >= 11 is 0. The number of aliphatic carboxylic acids is 1. The maximum absolute atomic E-state index is 12.3. The number of fused-ring (bicyclic) bond motifs is 3. The Bertz CT molecular complexity index is 1000. The molecule has 0 bridgehead atoms. The SMILES string of the molecule is CC(CCNC(=O)OCC1c2ccccc2-c2ccccc21)C(=O)NCC1(C(=O)O)CCC1. The lowest BCUT2D eigenvalue weighted by Gasteiger charge is -2.37. The normalized spacial score (nSPS) is 16.6. The average Bonchev–Trinajstić information content (AvgIpc) is 3.10. The van der Waals surface area contributed by atoms with Gasteiger partial charge in [0, 0.05) is 24.9 Å². The Morgan fingerprint density at radius 3 is 2.18 bits per heavy atom. The molecule has 1 atom stereocenters. The summed E-state index contributed by atoms with van der Waals surface area (Å²) in [6.45, 7) is 2.47. The Hall–Kier alpha value is -3.35. The van der Waals surface area contributed by atoms with E-state index in [9.17, 15) is 19.5 Å². The molecule has 33 heavy (non-hydrogen) atoms.